The molecule has 1 aromatic carbocycles. The summed E-state index contributed by atoms with van der Waals surface area (Å²) in [5.74, 6) is -1.87. The summed E-state index contributed by atoms with van der Waals surface area (Å²) in [6.07, 6.45) is 0. The Bertz CT molecular complexity index is 784. The summed E-state index contributed by atoms with van der Waals surface area (Å²) in [7, 11) is -2.76. The minimum Gasteiger partial charge on any atom is -0.454 e. The number of sulfonamides is 1. The molecule has 0 aliphatic carbocycles. The van der Waals surface area contributed by atoms with Crippen LogP contribution >= 0.6 is 23.2 Å². The van der Waals surface area contributed by atoms with Gasteiger partial charge in [0.15, 0.2) is 6.61 Å². The van der Waals surface area contributed by atoms with Crippen LogP contribution < -0.4 is 15.4 Å². The first-order valence-corrected chi connectivity index (χ1v) is 8.96. The Labute approximate surface area is 154 Å². The first kappa shape index (κ1) is 21.2. The zero-order valence-electron chi connectivity index (χ0n) is 13.1. The maximum Gasteiger partial charge on any atom is 0.324 e. The topological polar surface area (TPSA) is 131 Å². The van der Waals surface area contributed by atoms with Crippen LogP contribution in [0.2, 0.25) is 10.0 Å². The first-order valence-electron chi connectivity index (χ1n) is 6.72. The predicted octanol–water partition coefficient (Wildman–Crippen LogP) is 0.659. The van der Waals surface area contributed by atoms with Crippen LogP contribution in [0.4, 0.5) is 4.79 Å². The maximum atomic E-state index is 12.2. The average Bonchev–Trinajstić information content (AvgIpc) is 2.54. The second-order valence-electron chi connectivity index (χ2n) is 4.65. The average molecular weight is 412 g/mol. The molecule has 3 N–H and O–H groups in total. The minimum atomic E-state index is -4.06. The molecule has 1 atom stereocenters. The standard InChI is InChI=1S/C13H15Cl2N3O6S/c1-7(12(20)24-6-11(19)17-13(21)16-2)18-25(22,23)8-3-4-9(14)10(15)5-8/h3-5,7,18H,6H2,1-2H3,(H2,16,17,19,21)/t7-/m0/s1. The molecular weight excluding hydrogens is 397 g/mol. The quantitative estimate of drug-likeness (QED) is 0.589. The van der Waals surface area contributed by atoms with Crippen LogP contribution in [-0.4, -0.2) is 46.0 Å². The van der Waals surface area contributed by atoms with E-state index in [1.165, 1.54) is 26.1 Å². The molecule has 0 unspecified atom stereocenters. The highest BCUT2D eigenvalue weighted by Gasteiger charge is 2.24. The van der Waals surface area contributed by atoms with E-state index in [1.807, 2.05) is 5.32 Å². The van der Waals surface area contributed by atoms with Gasteiger partial charge in [0, 0.05) is 7.05 Å². The second-order valence-corrected chi connectivity index (χ2v) is 7.18. The molecule has 12 heteroatoms. The monoisotopic (exact) mass is 411 g/mol. The molecule has 0 spiro atoms. The summed E-state index contributed by atoms with van der Waals surface area (Å²) in [5, 5.41) is 4.23. The number of ether oxygens (including phenoxy) is 1. The van der Waals surface area contributed by atoms with Crippen LogP contribution in [0, 0.1) is 0 Å². The number of halogens is 2. The zero-order valence-corrected chi connectivity index (χ0v) is 15.5. The van der Waals surface area contributed by atoms with Crippen LogP contribution in [0.15, 0.2) is 23.1 Å². The first-order chi connectivity index (χ1) is 11.6. The zero-order chi connectivity index (χ0) is 19.2. The van der Waals surface area contributed by atoms with Gasteiger partial charge in [0.25, 0.3) is 5.91 Å². The third-order valence-corrected chi connectivity index (χ3v) is 4.99. The van der Waals surface area contributed by atoms with E-state index in [1.54, 1.807) is 0 Å². The molecule has 0 fully saturated rings. The van der Waals surface area contributed by atoms with Gasteiger partial charge < -0.3 is 10.1 Å². The minimum absolute atomic E-state index is 0.0330. The molecule has 1 aromatic rings. The lowest BCUT2D eigenvalue weighted by molar-refractivity contribution is -0.149. The summed E-state index contributed by atoms with van der Waals surface area (Å²) < 4.78 is 31.1. The molecule has 0 aliphatic rings. The molecule has 1 rings (SSSR count). The van der Waals surface area contributed by atoms with Gasteiger partial charge in [0.1, 0.15) is 6.04 Å². The summed E-state index contributed by atoms with van der Waals surface area (Å²) in [6, 6.07) is 1.58. The Morgan fingerprint density at radius 2 is 1.84 bits per heavy atom. The fourth-order valence-electron chi connectivity index (χ4n) is 1.48. The SMILES string of the molecule is CNC(=O)NC(=O)COC(=O)[C@H](C)NS(=O)(=O)c1ccc(Cl)c(Cl)c1. The van der Waals surface area contributed by atoms with Gasteiger partial charge >= 0.3 is 12.0 Å². The number of hydrogen-bond donors (Lipinski definition) is 3. The van der Waals surface area contributed by atoms with E-state index < -0.39 is 40.6 Å². The van der Waals surface area contributed by atoms with Gasteiger partial charge in [-0.2, -0.15) is 4.72 Å². The van der Waals surface area contributed by atoms with Crippen molar-refractivity contribution in [2.24, 2.45) is 0 Å². The highest BCUT2D eigenvalue weighted by molar-refractivity contribution is 7.89. The number of hydrogen-bond acceptors (Lipinski definition) is 6. The van der Waals surface area contributed by atoms with Crippen molar-refractivity contribution in [2.45, 2.75) is 17.9 Å². The fourth-order valence-corrected chi connectivity index (χ4v) is 3.06. The van der Waals surface area contributed by atoms with Crippen molar-refractivity contribution in [2.75, 3.05) is 13.7 Å². The smallest absolute Gasteiger partial charge is 0.324 e. The Balaban J connectivity index is 2.65. The molecule has 0 heterocycles. The third kappa shape index (κ3) is 6.50. The van der Waals surface area contributed by atoms with Gasteiger partial charge in [-0.1, -0.05) is 23.2 Å². The van der Waals surface area contributed by atoms with Crippen LogP contribution in [0.25, 0.3) is 0 Å². The molecule has 25 heavy (non-hydrogen) atoms. The number of esters is 1. The van der Waals surface area contributed by atoms with E-state index >= 15 is 0 Å². The number of benzene rings is 1. The van der Waals surface area contributed by atoms with E-state index in [4.69, 9.17) is 23.2 Å². The van der Waals surface area contributed by atoms with E-state index in [0.717, 1.165) is 6.07 Å². The number of nitrogens with one attached hydrogen (secondary N) is 3. The van der Waals surface area contributed by atoms with Crippen LogP contribution in [0.3, 0.4) is 0 Å². The van der Waals surface area contributed by atoms with Gasteiger partial charge in [0.05, 0.1) is 14.9 Å². The Hall–Kier alpha value is -1.88. The number of urea groups is 1. The lowest BCUT2D eigenvalue weighted by Gasteiger charge is -2.14. The molecule has 0 saturated carbocycles. The number of carbonyl (C=O) groups excluding carboxylic acids is 3. The van der Waals surface area contributed by atoms with Crippen molar-refractivity contribution in [1.29, 1.82) is 0 Å². The predicted molar refractivity (Wildman–Crippen MR) is 89.8 cm³/mol. The van der Waals surface area contributed by atoms with Crippen LogP contribution in [-0.2, 0) is 24.3 Å². The van der Waals surface area contributed by atoms with E-state index in [2.05, 4.69) is 14.8 Å². The van der Waals surface area contributed by atoms with Crippen molar-refractivity contribution in [1.82, 2.24) is 15.4 Å². The molecule has 9 nitrogen and oxygen atoms in total. The van der Waals surface area contributed by atoms with Crippen molar-refractivity contribution >= 4 is 51.1 Å². The van der Waals surface area contributed by atoms with Gasteiger partial charge in [-0.25, -0.2) is 13.2 Å². The van der Waals surface area contributed by atoms with Crippen LogP contribution in [0.5, 0.6) is 0 Å². The second kappa shape index (κ2) is 8.99. The number of rotatable bonds is 6. The van der Waals surface area contributed by atoms with Gasteiger partial charge in [0.2, 0.25) is 10.0 Å². The lowest BCUT2D eigenvalue weighted by atomic mass is 10.4. The lowest BCUT2D eigenvalue weighted by Crippen LogP contribution is -2.43. The van der Waals surface area contributed by atoms with Crippen molar-refractivity contribution < 1.29 is 27.5 Å². The van der Waals surface area contributed by atoms with E-state index in [0.29, 0.717) is 0 Å². The van der Waals surface area contributed by atoms with Crippen LogP contribution in [0.1, 0.15) is 6.92 Å². The van der Waals surface area contributed by atoms with Gasteiger partial charge in [-0.05, 0) is 25.1 Å². The van der Waals surface area contributed by atoms with Crippen molar-refractivity contribution in [3.05, 3.63) is 28.2 Å². The van der Waals surface area contributed by atoms with Gasteiger partial charge in [-0.15, -0.1) is 0 Å². The highest BCUT2D eigenvalue weighted by Crippen LogP contribution is 2.24. The molecule has 0 bridgehead atoms. The fraction of sp³-hybridized carbons (Fsp3) is 0.308. The summed E-state index contributed by atoms with van der Waals surface area (Å²) >= 11 is 11.5. The Morgan fingerprint density at radius 3 is 2.40 bits per heavy atom. The molecule has 3 amide bonds. The number of carbonyl (C=O) groups is 3. The Kier molecular flexibility index (Phi) is 7.61. The van der Waals surface area contributed by atoms with E-state index in [9.17, 15) is 22.8 Å². The molecule has 138 valence electrons. The third-order valence-electron chi connectivity index (χ3n) is 2.71. The molecule has 0 radical (unpaired) electrons. The summed E-state index contributed by atoms with van der Waals surface area (Å²) in [4.78, 5) is 33.8. The normalized spacial score (nSPS) is 12.2. The number of imide groups is 1. The van der Waals surface area contributed by atoms with E-state index in [-0.39, 0.29) is 14.9 Å². The van der Waals surface area contributed by atoms with Crippen molar-refractivity contribution in [3.63, 3.8) is 0 Å². The molecule has 0 aliphatic heterocycles. The molecular formula is C13H15Cl2N3O6S. The van der Waals surface area contributed by atoms with Gasteiger partial charge in [-0.3, -0.25) is 14.9 Å². The summed E-state index contributed by atoms with van der Waals surface area (Å²) in [5.41, 5.74) is 0. The maximum absolute atomic E-state index is 12.2. The largest absolute Gasteiger partial charge is 0.454 e. The van der Waals surface area contributed by atoms with Crippen molar-refractivity contribution in [3.8, 4) is 0 Å². The summed E-state index contributed by atoms with van der Waals surface area (Å²) in [6.45, 7) is 0.485. The molecule has 0 aromatic heterocycles. The number of amides is 3. The Morgan fingerprint density at radius 1 is 1.20 bits per heavy atom. The molecule has 0 saturated heterocycles. The highest BCUT2D eigenvalue weighted by atomic mass is 35.5.